The number of unbranched alkanes of at least 4 members (excludes halogenated alkanes) is 1. The molecule has 1 rings (SSSR count). The lowest BCUT2D eigenvalue weighted by atomic mass is 9.90. The molecule has 0 N–H and O–H groups in total. The van der Waals surface area contributed by atoms with Crippen molar-refractivity contribution < 1.29 is 14.2 Å². The topological polar surface area (TPSA) is 27.7 Å². The Morgan fingerprint density at radius 1 is 1.14 bits per heavy atom. The van der Waals surface area contributed by atoms with E-state index in [2.05, 4.69) is 13.8 Å². The maximum Gasteiger partial charge on any atom is 0.0700 e. The summed E-state index contributed by atoms with van der Waals surface area (Å²) in [6, 6.07) is 0. The summed E-state index contributed by atoms with van der Waals surface area (Å²) in [7, 11) is 0. The van der Waals surface area contributed by atoms with Crippen molar-refractivity contribution in [2.45, 2.75) is 26.7 Å². The van der Waals surface area contributed by atoms with E-state index in [4.69, 9.17) is 14.2 Å². The Hall–Kier alpha value is -0.120. The predicted molar refractivity (Wildman–Crippen MR) is 55.5 cm³/mol. The zero-order valence-corrected chi connectivity index (χ0v) is 9.38. The number of rotatable bonds is 8. The van der Waals surface area contributed by atoms with Gasteiger partial charge >= 0.3 is 0 Å². The molecular formula is C11H22O3. The fraction of sp³-hybridized carbons (Fsp3) is 1.00. The summed E-state index contributed by atoms with van der Waals surface area (Å²) in [4.78, 5) is 0. The highest BCUT2D eigenvalue weighted by Gasteiger charge is 2.33. The lowest BCUT2D eigenvalue weighted by molar-refractivity contribution is -0.140. The van der Waals surface area contributed by atoms with Crippen molar-refractivity contribution in [2.75, 3.05) is 39.6 Å². The van der Waals surface area contributed by atoms with Gasteiger partial charge in [0.05, 0.1) is 33.0 Å². The van der Waals surface area contributed by atoms with Gasteiger partial charge < -0.3 is 14.2 Å². The molecule has 0 aliphatic carbocycles. The Bertz CT molecular complexity index is 143. The average Bonchev–Trinajstić information content (AvgIpc) is 2.14. The molecule has 0 spiro atoms. The van der Waals surface area contributed by atoms with Gasteiger partial charge in [0.25, 0.3) is 0 Å². The van der Waals surface area contributed by atoms with Crippen LogP contribution < -0.4 is 0 Å². The second-order valence-corrected chi connectivity index (χ2v) is 4.32. The first-order chi connectivity index (χ1) is 6.77. The molecule has 0 aromatic heterocycles. The number of ether oxygens (including phenoxy) is 3. The molecule has 0 atom stereocenters. The molecule has 0 aromatic rings. The van der Waals surface area contributed by atoms with Gasteiger partial charge in [0.1, 0.15) is 0 Å². The van der Waals surface area contributed by atoms with Crippen molar-refractivity contribution in [2.24, 2.45) is 5.41 Å². The molecular weight excluding hydrogens is 180 g/mol. The summed E-state index contributed by atoms with van der Waals surface area (Å²) in [5, 5.41) is 0. The monoisotopic (exact) mass is 202 g/mol. The third-order valence-corrected chi connectivity index (χ3v) is 2.37. The van der Waals surface area contributed by atoms with Crippen molar-refractivity contribution >= 4 is 0 Å². The molecule has 0 unspecified atom stereocenters. The minimum absolute atomic E-state index is 0.267. The van der Waals surface area contributed by atoms with Crippen LogP contribution in [0.3, 0.4) is 0 Å². The highest BCUT2D eigenvalue weighted by Crippen LogP contribution is 2.26. The third kappa shape index (κ3) is 4.40. The van der Waals surface area contributed by atoms with Gasteiger partial charge in [-0.15, -0.1) is 0 Å². The first-order valence-electron chi connectivity index (χ1n) is 5.50. The van der Waals surface area contributed by atoms with Gasteiger partial charge in [-0.25, -0.2) is 0 Å². The number of hydrogen-bond acceptors (Lipinski definition) is 3. The van der Waals surface area contributed by atoms with E-state index in [0.717, 1.165) is 39.5 Å². The highest BCUT2D eigenvalue weighted by atomic mass is 16.5. The molecule has 3 nitrogen and oxygen atoms in total. The first-order valence-corrected chi connectivity index (χ1v) is 5.50. The molecule has 0 aromatic carbocycles. The molecule has 0 bridgehead atoms. The Morgan fingerprint density at radius 2 is 1.86 bits per heavy atom. The van der Waals surface area contributed by atoms with Crippen LogP contribution in [-0.4, -0.2) is 39.6 Å². The van der Waals surface area contributed by atoms with Crippen LogP contribution in [-0.2, 0) is 14.2 Å². The maximum absolute atomic E-state index is 5.52. The zero-order chi connectivity index (χ0) is 10.3. The highest BCUT2D eigenvalue weighted by molar-refractivity contribution is 4.79. The van der Waals surface area contributed by atoms with Crippen LogP contribution in [0.15, 0.2) is 0 Å². The molecule has 0 saturated carbocycles. The van der Waals surface area contributed by atoms with Crippen molar-refractivity contribution in [3.63, 3.8) is 0 Å². The quantitative estimate of drug-likeness (QED) is 0.562. The van der Waals surface area contributed by atoms with Gasteiger partial charge in [-0.3, -0.25) is 0 Å². The van der Waals surface area contributed by atoms with E-state index >= 15 is 0 Å². The maximum atomic E-state index is 5.52. The van der Waals surface area contributed by atoms with E-state index in [1.165, 1.54) is 6.42 Å². The lowest BCUT2D eigenvalue weighted by Crippen LogP contribution is -2.43. The Morgan fingerprint density at radius 3 is 2.43 bits per heavy atom. The van der Waals surface area contributed by atoms with Crippen LogP contribution >= 0.6 is 0 Å². The molecule has 1 aliphatic heterocycles. The minimum Gasteiger partial charge on any atom is -0.380 e. The molecule has 0 amide bonds. The molecule has 1 fully saturated rings. The molecule has 84 valence electrons. The Balaban J connectivity index is 1.80. The summed E-state index contributed by atoms with van der Waals surface area (Å²) in [5.74, 6) is 0. The summed E-state index contributed by atoms with van der Waals surface area (Å²) < 4.78 is 16.0. The summed E-state index contributed by atoms with van der Waals surface area (Å²) in [6.45, 7) is 9.11. The van der Waals surface area contributed by atoms with Crippen LogP contribution in [0.25, 0.3) is 0 Å². The molecule has 14 heavy (non-hydrogen) atoms. The predicted octanol–water partition coefficient (Wildman–Crippen LogP) is 1.86. The summed E-state index contributed by atoms with van der Waals surface area (Å²) in [5.41, 5.74) is 0.267. The van der Waals surface area contributed by atoms with E-state index in [-0.39, 0.29) is 5.41 Å². The van der Waals surface area contributed by atoms with Gasteiger partial charge in [-0.05, 0) is 6.42 Å². The Labute approximate surface area is 86.7 Å². The normalized spacial score (nSPS) is 19.3. The average molecular weight is 202 g/mol. The summed E-state index contributed by atoms with van der Waals surface area (Å²) >= 11 is 0. The van der Waals surface area contributed by atoms with Crippen LogP contribution in [0, 0.1) is 5.41 Å². The van der Waals surface area contributed by atoms with Crippen molar-refractivity contribution in [3.8, 4) is 0 Å². The van der Waals surface area contributed by atoms with E-state index in [1.54, 1.807) is 0 Å². The fourth-order valence-corrected chi connectivity index (χ4v) is 1.32. The van der Waals surface area contributed by atoms with Crippen molar-refractivity contribution in [1.29, 1.82) is 0 Å². The van der Waals surface area contributed by atoms with E-state index in [9.17, 15) is 0 Å². The van der Waals surface area contributed by atoms with Gasteiger partial charge in [-0.2, -0.15) is 0 Å². The first kappa shape index (κ1) is 12.0. The largest absolute Gasteiger partial charge is 0.380 e. The Kier molecular flexibility index (Phi) is 5.45. The molecule has 1 saturated heterocycles. The summed E-state index contributed by atoms with van der Waals surface area (Å²) in [6.07, 6.45) is 2.34. The lowest BCUT2D eigenvalue weighted by Gasteiger charge is -2.37. The van der Waals surface area contributed by atoms with E-state index in [1.807, 2.05) is 0 Å². The molecule has 0 radical (unpaired) electrons. The number of hydrogen-bond donors (Lipinski definition) is 0. The van der Waals surface area contributed by atoms with Gasteiger partial charge in [0.2, 0.25) is 0 Å². The van der Waals surface area contributed by atoms with Gasteiger partial charge in [0.15, 0.2) is 0 Å². The standard InChI is InChI=1S/C11H22O3/c1-3-4-5-12-6-7-13-8-11(2)9-14-10-11/h3-10H2,1-2H3. The van der Waals surface area contributed by atoms with E-state index in [0.29, 0.717) is 6.61 Å². The second-order valence-electron chi connectivity index (χ2n) is 4.32. The fourth-order valence-electron chi connectivity index (χ4n) is 1.32. The third-order valence-electron chi connectivity index (χ3n) is 2.37. The van der Waals surface area contributed by atoms with Crippen LogP contribution in [0.4, 0.5) is 0 Å². The smallest absolute Gasteiger partial charge is 0.0700 e. The van der Waals surface area contributed by atoms with Crippen molar-refractivity contribution in [3.05, 3.63) is 0 Å². The SMILES string of the molecule is CCCCOCCOCC1(C)COC1. The van der Waals surface area contributed by atoms with Crippen LogP contribution in [0.1, 0.15) is 26.7 Å². The van der Waals surface area contributed by atoms with Gasteiger partial charge in [0, 0.05) is 12.0 Å². The van der Waals surface area contributed by atoms with Crippen molar-refractivity contribution in [1.82, 2.24) is 0 Å². The van der Waals surface area contributed by atoms with E-state index < -0.39 is 0 Å². The second kappa shape index (κ2) is 6.38. The van der Waals surface area contributed by atoms with Crippen LogP contribution in [0.2, 0.25) is 0 Å². The minimum atomic E-state index is 0.267. The van der Waals surface area contributed by atoms with Gasteiger partial charge in [-0.1, -0.05) is 20.3 Å². The molecule has 1 heterocycles. The zero-order valence-electron chi connectivity index (χ0n) is 9.38. The molecule has 1 aliphatic rings. The molecule has 3 heteroatoms. The van der Waals surface area contributed by atoms with Crippen LogP contribution in [0.5, 0.6) is 0 Å².